The summed E-state index contributed by atoms with van der Waals surface area (Å²) in [5.41, 5.74) is 9.96. The third-order valence-corrected chi connectivity index (χ3v) is 11.3. The predicted molar refractivity (Wildman–Crippen MR) is 228 cm³/mol. The molecular formula is C49H29N5OS. The topological polar surface area (TPSA) is 77.6 Å². The summed E-state index contributed by atoms with van der Waals surface area (Å²) in [6.45, 7) is 0. The van der Waals surface area contributed by atoms with Crippen LogP contribution in [0.2, 0.25) is 0 Å². The lowest BCUT2D eigenvalue weighted by atomic mass is 9.96. The van der Waals surface area contributed by atoms with Gasteiger partial charge in [0, 0.05) is 53.4 Å². The van der Waals surface area contributed by atoms with Gasteiger partial charge >= 0.3 is 0 Å². The number of aromatic nitrogens is 5. The van der Waals surface area contributed by atoms with Crippen molar-refractivity contribution in [2.45, 2.75) is 0 Å². The van der Waals surface area contributed by atoms with Gasteiger partial charge in [-0.2, -0.15) is 0 Å². The first-order valence-corrected chi connectivity index (χ1v) is 19.2. The molecule has 0 bridgehead atoms. The van der Waals surface area contributed by atoms with E-state index in [9.17, 15) is 0 Å². The Morgan fingerprint density at radius 2 is 0.946 bits per heavy atom. The fourth-order valence-electron chi connectivity index (χ4n) is 7.48. The van der Waals surface area contributed by atoms with Crippen molar-refractivity contribution < 1.29 is 4.42 Å². The maximum Gasteiger partial charge on any atom is 0.180 e. The molecule has 0 unspecified atom stereocenters. The number of thiophene rings is 1. The molecular weight excluding hydrogens is 707 g/mol. The molecule has 0 N–H and O–H groups in total. The Kier molecular flexibility index (Phi) is 7.57. The van der Waals surface area contributed by atoms with E-state index in [4.69, 9.17) is 29.3 Å². The highest BCUT2D eigenvalue weighted by atomic mass is 32.1. The smallest absolute Gasteiger partial charge is 0.180 e. The second-order valence-corrected chi connectivity index (χ2v) is 14.7. The second kappa shape index (κ2) is 13.2. The van der Waals surface area contributed by atoms with Crippen molar-refractivity contribution in [3.63, 3.8) is 0 Å². The van der Waals surface area contributed by atoms with Gasteiger partial charge in [0.2, 0.25) is 0 Å². The Hall–Kier alpha value is -7.35. The fourth-order valence-corrected chi connectivity index (χ4v) is 8.59. The van der Waals surface area contributed by atoms with E-state index in [0.717, 1.165) is 66.5 Å². The zero-order valence-corrected chi connectivity index (χ0v) is 30.6. The minimum absolute atomic E-state index is 0.631. The van der Waals surface area contributed by atoms with Crippen LogP contribution in [-0.2, 0) is 0 Å². The van der Waals surface area contributed by atoms with Crippen LogP contribution >= 0.6 is 11.3 Å². The summed E-state index contributed by atoms with van der Waals surface area (Å²) in [6, 6.07) is 60.0. The zero-order valence-electron chi connectivity index (χ0n) is 29.8. The molecule has 262 valence electrons. The molecule has 0 amide bonds. The predicted octanol–water partition coefficient (Wildman–Crippen LogP) is 12.9. The lowest BCUT2D eigenvalue weighted by molar-refractivity contribution is 0.667. The molecule has 0 aliphatic carbocycles. The maximum atomic E-state index is 6.48. The van der Waals surface area contributed by atoms with E-state index in [2.05, 4.69) is 66.7 Å². The first kappa shape index (κ1) is 32.1. The van der Waals surface area contributed by atoms with Crippen LogP contribution < -0.4 is 0 Å². The molecule has 7 aromatic carbocycles. The van der Waals surface area contributed by atoms with Gasteiger partial charge in [0.15, 0.2) is 28.9 Å². The van der Waals surface area contributed by atoms with E-state index >= 15 is 0 Å². The van der Waals surface area contributed by atoms with Gasteiger partial charge in [-0.05, 0) is 53.6 Å². The van der Waals surface area contributed by atoms with Crippen LogP contribution in [0.5, 0.6) is 0 Å². The number of hydrogen-bond donors (Lipinski definition) is 0. The van der Waals surface area contributed by atoms with Crippen molar-refractivity contribution in [3.8, 4) is 67.9 Å². The molecule has 0 spiro atoms. The fraction of sp³-hybridized carbons (Fsp3) is 0. The molecule has 0 fully saturated rings. The number of furan rings is 1. The standard InChI is InChI=1S/C49H29N5OS/c1-4-14-30(15-5-1)46-50-43(45-44(51-46)37-22-10-11-24-39(37)55-45)34-21-12-20-33(28-34)36-23-13-25-41-42(36)38-29-35(26-27-40(38)56-41)49-53-47(31-16-6-2-7-17-31)52-48(54-49)32-18-8-3-9-19-32/h1-29H. The molecule has 7 heteroatoms. The second-order valence-electron chi connectivity index (χ2n) is 13.6. The van der Waals surface area contributed by atoms with Crippen LogP contribution in [-0.4, -0.2) is 24.9 Å². The van der Waals surface area contributed by atoms with Gasteiger partial charge in [0.25, 0.3) is 0 Å². The normalized spacial score (nSPS) is 11.6. The van der Waals surface area contributed by atoms with Crippen LogP contribution in [0.1, 0.15) is 0 Å². The van der Waals surface area contributed by atoms with Crippen molar-refractivity contribution in [1.29, 1.82) is 0 Å². The summed E-state index contributed by atoms with van der Waals surface area (Å²) in [6.07, 6.45) is 0. The van der Waals surface area contributed by atoms with Crippen molar-refractivity contribution in [2.24, 2.45) is 0 Å². The van der Waals surface area contributed by atoms with E-state index in [-0.39, 0.29) is 0 Å². The van der Waals surface area contributed by atoms with E-state index in [1.165, 1.54) is 14.8 Å². The van der Waals surface area contributed by atoms with Gasteiger partial charge < -0.3 is 4.42 Å². The van der Waals surface area contributed by atoms with Crippen LogP contribution in [0.3, 0.4) is 0 Å². The molecule has 56 heavy (non-hydrogen) atoms. The molecule has 0 radical (unpaired) electrons. The summed E-state index contributed by atoms with van der Waals surface area (Å²) < 4.78 is 8.88. The molecule has 0 aliphatic rings. The molecule has 11 rings (SSSR count). The van der Waals surface area contributed by atoms with E-state index in [0.29, 0.717) is 28.9 Å². The van der Waals surface area contributed by atoms with Crippen molar-refractivity contribution >= 4 is 53.6 Å². The minimum atomic E-state index is 0.631. The highest BCUT2D eigenvalue weighted by molar-refractivity contribution is 7.26. The van der Waals surface area contributed by atoms with Crippen LogP contribution in [0.4, 0.5) is 0 Å². The zero-order chi connectivity index (χ0) is 37.0. The Morgan fingerprint density at radius 3 is 1.64 bits per heavy atom. The molecule has 4 heterocycles. The van der Waals surface area contributed by atoms with E-state index < -0.39 is 0 Å². The van der Waals surface area contributed by atoms with Gasteiger partial charge in [-0.3, -0.25) is 0 Å². The van der Waals surface area contributed by atoms with Crippen LogP contribution in [0, 0.1) is 0 Å². The summed E-state index contributed by atoms with van der Waals surface area (Å²) in [7, 11) is 0. The largest absolute Gasteiger partial charge is 0.452 e. The molecule has 0 atom stereocenters. The molecule has 11 aromatic rings. The molecule has 0 aliphatic heterocycles. The van der Waals surface area contributed by atoms with E-state index in [1.54, 1.807) is 11.3 Å². The van der Waals surface area contributed by atoms with E-state index in [1.807, 2.05) is 109 Å². The number of hydrogen-bond acceptors (Lipinski definition) is 7. The average Bonchev–Trinajstić information content (AvgIpc) is 3.85. The Labute approximate surface area is 325 Å². The number of nitrogens with zero attached hydrogens (tertiary/aromatic N) is 5. The van der Waals surface area contributed by atoms with Gasteiger partial charge in [-0.25, -0.2) is 24.9 Å². The number of rotatable bonds is 6. The van der Waals surface area contributed by atoms with Gasteiger partial charge in [0.05, 0.1) is 0 Å². The third kappa shape index (κ3) is 5.52. The maximum absolute atomic E-state index is 6.48. The summed E-state index contributed by atoms with van der Waals surface area (Å²) in [5.74, 6) is 2.57. The van der Waals surface area contributed by atoms with Crippen molar-refractivity contribution in [2.75, 3.05) is 0 Å². The first-order chi connectivity index (χ1) is 27.7. The highest BCUT2D eigenvalue weighted by Crippen LogP contribution is 2.43. The lowest BCUT2D eigenvalue weighted by Gasteiger charge is -2.10. The number of para-hydroxylation sites is 1. The Morgan fingerprint density at radius 1 is 0.375 bits per heavy atom. The Bertz CT molecular complexity index is 3190. The summed E-state index contributed by atoms with van der Waals surface area (Å²) >= 11 is 1.79. The monoisotopic (exact) mass is 735 g/mol. The SMILES string of the molecule is c1ccc(-c2nc(-c3ccccc3)nc(-c3ccc4sc5cccc(-c6cccc(-c7nc(-c8ccccc8)nc8c7oc7ccccc78)c6)c5c4c3)n2)cc1. The number of benzene rings is 7. The summed E-state index contributed by atoms with van der Waals surface area (Å²) in [5, 5.41) is 3.31. The lowest BCUT2D eigenvalue weighted by Crippen LogP contribution is -2.00. The van der Waals surface area contributed by atoms with Crippen molar-refractivity contribution in [1.82, 2.24) is 24.9 Å². The van der Waals surface area contributed by atoms with Crippen molar-refractivity contribution in [3.05, 3.63) is 176 Å². The molecule has 0 saturated heterocycles. The van der Waals surface area contributed by atoms with Crippen LogP contribution in [0.25, 0.3) is 110 Å². The minimum Gasteiger partial charge on any atom is -0.452 e. The van der Waals surface area contributed by atoms with Crippen LogP contribution in [0.15, 0.2) is 180 Å². The quantitative estimate of drug-likeness (QED) is 0.169. The van der Waals surface area contributed by atoms with Gasteiger partial charge in [-0.1, -0.05) is 133 Å². The average molecular weight is 736 g/mol. The van der Waals surface area contributed by atoms with Gasteiger partial charge in [0.1, 0.15) is 16.8 Å². The third-order valence-electron chi connectivity index (χ3n) is 10.2. The molecule has 6 nitrogen and oxygen atoms in total. The Balaban J connectivity index is 1.08. The van der Waals surface area contributed by atoms with Gasteiger partial charge in [-0.15, -0.1) is 11.3 Å². The first-order valence-electron chi connectivity index (χ1n) is 18.4. The molecule has 4 aromatic heterocycles. The summed E-state index contributed by atoms with van der Waals surface area (Å²) in [4.78, 5) is 25.1. The highest BCUT2D eigenvalue weighted by Gasteiger charge is 2.20. The molecule has 0 saturated carbocycles. The number of fused-ring (bicyclic) bond motifs is 6.